The zero-order chi connectivity index (χ0) is 26.5. The largest absolute Gasteiger partial charge is 0.497 e. The Morgan fingerprint density at radius 1 is 1.11 bits per heavy atom. The van der Waals surface area contributed by atoms with Gasteiger partial charge in [-0.2, -0.15) is 0 Å². The molecule has 0 saturated heterocycles. The lowest BCUT2D eigenvalue weighted by Gasteiger charge is -2.32. The fourth-order valence-corrected chi connectivity index (χ4v) is 5.04. The van der Waals surface area contributed by atoms with E-state index >= 15 is 0 Å². The highest BCUT2D eigenvalue weighted by molar-refractivity contribution is 7.92. The fourth-order valence-electron chi connectivity index (χ4n) is 4.20. The van der Waals surface area contributed by atoms with E-state index in [-0.39, 0.29) is 24.2 Å². The minimum Gasteiger partial charge on any atom is -0.497 e. The Balaban J connectivity index is 1.90. The Bertz CT molecular complexity index is 1200. The highest BCUT2D eigenvalue weighted by atomic mass is 32.2. The van der Waals surface area contributed by atoms with E-state index in [2.05, 4.69) is 5.32 Å². The lowest BCUT2D eigenvalue weighted by molar-refractivity contribution is -0.139. The molecule has 1 atom stereocenters. The SMILES string of the molecule is COc1cccc(CN(C(=O)CN(c2ccc(F)c(F)c2)S(C)(=O)=O)[C@H](C)C(=O)NC2CCCC2)c1. The molecule has 0 heterocycles. The van der Waals surface area contributed by atoms with E-state index in [1.165, 1.54) is 12.0 Å². The quantitative estimate of drug-likeness (QED) is 0.516. The maximum absolute atomic E-state index is 13.9. The van der Waals surface area contributed by atoms with E-state index in [1.54, 1.807) is 31.2 Å². The number of carbonyl (C=O) groups excluding carboxylic acids is 2. The van der Waals surface area contributed by atoms with E-state index in [9.17, 15) is 26.8 Å². The first-order valence-electron chi connectivity index (χ1n) is 11.6. The van der Waals surface area contributed by atoms with Crippen molar-refractivity contribution in [2.24, 2.45) is 0 Å². The van der Waals surface area contributed by atoms with Crippen molar-refractivity contribution < 1.29 is 31.5 Å². The molecule has 0 unspecified atom stereocenters. The second-order valence-electron chi connectivity index (χ2n) is 8.91. The van der Waals surface area contributed by atoms with Crippen LogP contribution in [0.2, 0.25) is 0 Å². The summed E-state index contributed by atoms with van der Waals surface area (Å²) >= 11 is 0. The standard InChI is InChI=1S/C25H31F2N3O5S/c1-17(25(32)28-19-8-4-5-9-19)29(15-18-7-6-10-21(13-18)35-2)24(31)16-30(36(3,33)34)20-11-12-22(26)23(27)14-20/h6-7,10-14,17,19H,4-5,8-9,15-16H2,1-3H3,(H,28,32)/t17-/m1/s1. The summed E-state index contributed by atoms with van der Waals surface area (Å²) < 4.78 is 58.2. The van der Waals surface area contributed by atoms with E-state index in [0.29, 0.717) is 21.7 Å². The van der Waals surface area contributed by atoms with Crippen molar-refractivity contribution >= 4 is 27.5 Å². The Kier molecular flexibility index (Phi) is 8.89. The molecule has 1 N–H and O–H groups in total. The number of hydrogen-bond donors (Lipinski definition) is 1. The summed E-state index contributed by atoms with van der Waals surface area (Å²) in [6, 6.07) is 8.64. The summed E-state index contributed by atoms with van der Waals surface area (Å²) in [5, 5.41) is 2.97. The van der Waals surface area contributed by atoms with Crippen LogP contribution in [0.3, 0.4) is 0 Å². The average Bonchev–Trinajstić information content (AvgIpc) is 3.34. The van der Waals surface area contributed by atoms with Crippen LogP contribution in [0.5, 0.6) is 5.75 Å². The molecule has 196 valence electrons. The van der Waals surface area contributed by atoms with Crippen LogP contribution in [0.25, 0.3) is 0 Å². The van der Waals surface area contributed by atoms with Crippen LogP contribution < -0.4 is 14.4 Å². The van der Waals surface area contributed by atoms with Crippen molar-refractivity contribution in [1.29, 1.82) is 0 Å². The van der Waals surface area contributed by atoms with Crippen molar-refractivity contribution in [3.63, 3.8) is 0 Å². The molecule has 8 nitrogen and oxygen atoms in total. The smallest absolute Gasteiger partial charge is 0.244 e. The number of sulfonamides is 1. The van der Waals surface area contributed by atoms with Gasteiger partial charge >= 0.3 is 0 Å². The van der Waals surface area contributed by atoms with Crippen LogP contribution in [-0.4, -0.2) is 57.1 Å². The molecule has 1 aliphatic rings. The number of anilines is 1. The van der Waals surface area contributed by atoms with Gasteiger partial charge < -0.3 is 15.0 Å². The Morgan fingerprint density at radius 2 is 1.81 bits per heavy atom. The highest BCUT2D eigenvalue weighted by Crippen LogP contribution is 2.23. The van der Waals surface area contributed by atoms with Gasteiger partial charge in [0.05, 0.1) is 19.1 Å². The Hall–Kier alpha value is -3.21. The van der Waals surface area contributed by atoms with Crippen molar-refractivity contribution in [1.82, 2.24) is 10.2 Å². The molecule has 2 aromatic rings. The molecule has 11 heteroatoms. The summed E-state index contributed by atoms with van der Waals surface area (Å²) in [4.78, 5) is 27.8. The number of hydrogen-bond acceptors (Lipinski definition) is 5. The first-order valence-corrected chi connectivity index (χ1v) is 13.5. The molecule has 36 heavy (non-hydrogen) atoms. The summed E-state index contributed by atoms with van der Waals surface area (Å²) in [7, 11) is -2.54. The molecule has 1 saturated carbocycles. The van der Waals surface area contributed by atoms with Gasteiger partial charge in [-0.15, -0.1) is 0 Å². The van der Waals surface area contributed by atoms with E-state index < -0.39 is 40.2 Å². The minimum absolute atomic E-state index is 0.00463. The number of methoxy groups -OCH3 is 1. The molecular weight excluding hydrogens is 492 g/mol. The van der Waals surface area contributed by atoms with Gasteiger partial charge in [0.25, 0.3) is 0 Å². The summed E-state index contributed by atoms with van der Waals surface area (Å²) in [5.74, 6) is -2.86. The van der Waals surface area contributed by atoms with Gasteiger partial charge in [0.1, 0.15) is 18.3 Å². The van der Waals surface area contributed by atoms with Crippen molar-refractivity contribution in [2.45, 2.75) is 51.2 Å². The molecule has 1 aliphatic carbocycles. The topological polar surface area (TPSA) is 96.0 Å². The van der Waals surface area contributed by atoms with Crippen LogP contribution in [0.15, 0.2) is 42.5 Å². The number of carbonyl (C=O) groups is 2. The molecule has 2 aromatic carbocycles. The summed E-state index contributed by atoms with van der Waals surface area (Å²) in [6.45, 7) is 0.879. The van der Waals surface area contributed by atoms with E-state index in [4.69, 9.17) is 4.74 Å². The lowest BCUT2D eigenvalue weighted by atomic mass is 10.1. The molecule has 0 aromatic heterocycles. The second-order valence-corrected chi connectivity index (χ2v) is 10.8. The maximum atomic E-state index is 13.9. The highest BCUT2D eigenvalue weighted by Gasteiger charge is 2.31. The van der Waals surface area contributed by atoms with E-state index in [0.717, 1.165) is 44.1 Å². The summed E-state index contributed by atoms with van der Waals surface area (Å²) in [5.41, 5.74) is 0.469. The number of rotatable bonds is 10. The van der Waals surface area contributed by atoms with Crippen molar-refractivity contribution in [3.8, 4) is 5.75 Å². The van der Waals surface area contributed by atoms with Crippen LogP contribution in [0.1, 0.15) is 38.2 Å². The summed E-state index contributed by atoms with van der Waals surface area (Å²) in [6.07, 6.45) is 4.62. The van der Waals surface area contributed by atoms with Gasteiger partial charge in [-0.25, -0.2) is 17.2 Å². The third kappa shape index (κ3) is 6.93. The number of amides is 2. The van der Waals surface area contributed by atoms with Gasteiger partial charge in [-0.1, -0.05) is 25.0 Å². The molecule has 0 bridgehead atoms. The van der Waals surface area contributed by atoms with Crippen LogP contribution in [0, 0.1) is 11.6 Å². The van der Waals surface area contributed by atoms with Crippen molar-refractivity contribution in [2.75, 3.05) is 24.2 Å². The number of nitrogens with one attached hydrogen (secondary N) is 1. The molecule has 0 radical (unpaired) electrons. The number of nitrogens with zero attached hydrogens (tertiary/aromatic N) is 2. The Morgan fingerprint density at radius 3 is 2.42 bits per heavy atom. The van der Waals surface area contributed by atoms with Crippen LogP contribution in [-0.2, 0) is 26.2 Å². The van der Waals surface area contributed by atoms with Crippen LogP contribution >= 0.6 is 0 Å². The number of halogens is 2. The predicted octanol–water partition coefficient (Wildman–Crippen LogP) is 3.22. The van der Waals surface area contributed by atoms with E-state index in [1.807, 2.05) is 0 Å². The molecular formula is C25H31F2N3O5S. The number of benzene rings is 2. The van der Waals surface area contributed by atoms with Gasteiger partial charge in [0, 0.05) is 18.7 Å². The molecule has 2 amide bonds. The molecule has 3 rings (SSSR count). The predicted molar refractivity (Wildman–Crippen MR) is 132 cm³/mol. The normalized spacial score (nSPS) is 14.8. The maximum Gasteiger partial charge on any atom is 0.244 e. The molecule has 0 aliphatic heterocycles. The third-order valence-electron chi connectivity index (χ3n) is 6.23. The third-order valence-corrected chi connectivity index (χ3v) is 7.37. The van der Waals surface area contributed by atoms with Crippen molar-refractivity contribution in [3.05, 3.63) is 59.7 Å². The Labute approximate surface area is 210 Å². The van der Waals surface area contributed by atoms with Gasteiger partial charge in [-0.3, -0.25) is 13.9 Å². The molecule has 0 spiro atoms. The van der Waals surface area contributed by atoms with Gasteiger partial charge in [-0.05, 0) is 49.6 Å². The van der Waals surface area contributed by atoms with Gasteiger partial charge in [0.15, 0.2) is 11.6 Å². The zero-order valence-corrected chi connectivity index (χ0v) is 21.4. The van der Waals surface area contributed by atoms with Gasteiger partial charge in [0.2, 0.25) is 21.8 Å². The first kappa shape index (κ1) is 27.4. The lowest BCUT2D eigenvalue weighted by Crippen LogP contribution is -2.52. The van der Waals surface area contributed by atoms with Crippen LogP contribution in [0.4, 0.5) is 14.5 Å². The minimum atomic E-state index is -4.05. The monoisotopic (exact) mass is 523 g/mol. The second kappa shape index (κ2) is 11.7. The number of ether oxygens (including phenoxy) is 1. The first-order chi connectivity index (χ1) is 17.0. The fraction of sp³-hybridized carbons (Fsp3) is 0.440. The molecule has 1 fully saturated rings. The average molecular weight is 524 g/mol. The zero-order valence-electron chi connectivity index (χ0n) is 20.5.